The molecule has 0 saturated heterocycles. The number of aromatic hydroxyl groups is 1. The highest BCUT2D eigenvalue weighted by Crippen LogP contribution is 2.39. The molecule has 0 radical (unpaired) electrons. The van der Waals surface area contributed by atoms with Crippen LogP contribution in [0.2, 0.25) is 0 Å². The van der Waals surface area contributed by atoms with Gasteiger partial charge in [0.1, 0.15) is 11.3 Å². The molecule has 0 bridgehead atoms. The molecule has 19 heavy (non-hydrogen) atoms. The predicted octanol–water partition coefficient (Wildman–Crippen LogP) is 2.39. The van der Waals surface area contributed by atoms with Crippen LogP contribution in [0.5, 0.6) is 5.75 Å². The predicted molar refractivity (Wildman–Crippen MR) is 58.2 cm³/mol. The molecule has 1 N–H and O–H groups in total. The van der Waals surface area contributed by atoms with Gasteiger partial charge in [-0.15, -0.1) is 0 Å². The summed E-state index contributed by atoms with van der Waals surface area (Å²) in [5, 5.41) is 18.0. The third kappa shape index (κ3) is 3.61. The van der Waals surface area contributed by atoms with Crippen LogP contribution in [0.15, 0.2) is 12.1 Å². The number of halogens is 3. The Balaban J connectivity index is 3.30. The van der Waals surface area contributed by atoms with Crippen LogP contribution in [0.3, 0.4) is 0 Å². The normalized spacial score (nSPS) is 10.9. The first kappa shape index (κ1) is 14.8. The highest BCUT2D eigenvalue weighted by atomic mass is 19.4. The Morgan fingerprint density at radius 3 is 2.58 bits per heavy atom. The lowest BCUT2D eigenvalue weighted by Gasteiger charge is -2.14. The lowest BCUT2D eigenvalue weighted by Crippen LogP contribution is -2.15. The van der Waals surface area contributed by atoms with Crippen molar-refractivity contribution in [2.24, 2.45) is 0 Å². The summed E-state index contributed by atoms with van der Waals surface area (Å²) in [6.45, 7) is 1.55. The minimum absolute atomic E-state index is 0.0319. The number of carbonyl (C=O) groups excluding carboxylic acids is 1. The maximum absolute atomic E-state index is 12.8. The number of ether oxygens (including phenoxy) is 1. The van der Waals surface area contributed by atoms with Gasteiger partial charge in [-0.3, -0.25) is 4.79 Å². The molecule has 1 aromatic carbocycles. The van der Waals surface area contributed by atoms with Crippen LogP contribution in [0.4, 0.5) is 13.2 Å². The van der Waals surface area contributed by atoms with Crippen LogP contribution in [0.25, 0.3) is 0 Å². The molecular weight excluding hydrogens is 263 g/mol. The van der Waals surface area contributed by atoms with Crippen molar-refractivity contribution in [2.75, 3.05) is 6.61 Å². The molecule has 0 fully saturated rings. The first-order chi connectivity index (χ1) is 8.79. The molecule has 1 aromatic rings. The Hall–Kier alpha value is -2.23. The number of carbonyl (C=O) groups is 1. The van der Waals surface area contributed by atoms with Gasteiger partial charge in [-0.1, -0.05) is 0 Å². The number of hydrogen-bond acceptors (Lipinski definition) is 4. The Labute approximate surface area is 107 Å². The number of nitriles is 1. The quantitative estimate of drug-likeness (QED) is 0.858. The third-order valence-corrected chi connectivity index (χ3v) is 2.25. The Bertz CT molecular complexity index is 532. The minimum Gasteiger partial charge on any atom is -0.507 e. The van der Waals surface area contributed by atoms with E-state index < -0.39 is 35.4 Å². The summed E-state index contributed by atoms with van der Waals surface area (Å²) < 4.78 is 42.9. The first-order valence-corrected chi connectivity index (χ1v) is 5.28. The van der Waals surface area contributed by atoms with E-state index >= 15 is 0 Å². The Morgan fingerprint density at radius 2 is 2.11 bits per heavy atom. The number of nitrogens with zero attached hydrogens (tertiary/aromatic N) is 1. The number of phenolic OH excluding ortho intramolecular Hbond substituents is 1. The average Bonchev–Trinajstić information content (AvgIpc) is 2.26. The summed E-state index contributed by atoms with van der Waals surface area (Å²) in [6.07, 6.45) is -5.48. The highest BCUT2D eigenvalue weighted by Gasteiger charge is 2.37. The van der Waals surface area contributed by atoms with Gasteiger partial charge in [0.2, 0.25) is 0 Å². The number of alkyl halides is 3. The number of rotatable bonds is 3. The fourth-order valence-electron chi connectivity index (χ4n) is 1.58. The van der Waals surface area contributed by atoms with Gasteiger partial charge >= 0.3 is 12.1 Å². The molecule has 102 valence electrons. The minimum atomic E-state index is -4.82. The van der Waals surface area contributed by atoms with Crippen molar-refractivity contribution >= 4 is 5.97 Å². The molecule has 7 heteroatoms. The van der Waals surface area contributed by atoms with Crippen LogP contribution < -0.4 is 0 Å². The molecule has 0 aliphatic heterocycles. The van der Waals surface area contributed by atoms with Crippen molar-refractivity contribution < 1.29 is 27.8 Å². The lowest BCUT2D eigenvalue weighted by atomic mass is 10.00. The van der Waals surface area contributed by atoms with E-state index in [1.54, 1.807) is 6.07 Å². The zero-order valence-corrected chi connectivity index (χ0v) is 9.91. The summed E-state index contributed by atoms with van der Waals surface area (Å²) >= 11 is 0. The van der Waals surface area contributed by atoms with Gasteiger partial charge in [-0.25, -0.2) is 0 Å². The fourth-order valence-corrected chi connectivity index (χ4v) is 1.58. The van der Waals surface area contributed by atoms with E-state index in [0.29, 0.717) is 6.07 Å². The van der Waals surface area contributed by atoms with E-state index in [2.05, 4.69) is 4.74 Å². The van der Waals surface area contributed by atoms with Crippen molar-refractivity contribution in [2.45, 2.75) is 19.5 Å². The maximum Gasteiger partial charge on any atom is 0.420 e. The molecule has 0 aliphatic carbocycles. The van der Waals surface area contributed by atoms with Crippen LogP contribution >= 0.6 is 0 Å². The summed E-state index contributed by atoms with van der Waals surface area (Å²) in [5.74, 6) is -1.94. The molecule has 0 amide bonds. The van der Waals surface area contributed by atoms with Crippen molar-refractivity contribution in [1.29, 1.82) is 5.26 Å². The van der Waals surface area contributed by atoms with Gasteiger partial charge in [0.25, 0.3) is 0 Å². The van der Waals surface area contributed by atoms with E-state index in [4.69, 9.17) is 5.26 Å². The second-order valence-corrected chi connectivity index (χ2v) is 3.62. The zero-order chi connectivity index (χ0) is 14.6. The number of phenols is 1. The standard InChI is InChI=1S/C12H10F3NO3/c1-2-19-10(18)5-8-3-7(6-16)4-9(17)11(8)12(13,14)15/h3-4,17H,2,5H2,1H3. The summed E-state index contributed by atoms with van der Waals surface area (Å²) in [5.41, 5.74) is -1.97. The topological polar surface area (TPSA) is 70.3 Å². The number of esters is 1. The molecule has 0 aromatic heterocycles. The molecule has 4 nitrogen and oxygen atoms in total. The van der Waals surface area contributed by atoms with Crippen LogP contribution in [-0.4, -0.2) is 17.7 Å². The summed E-state index contributed by atoms with van der Waals surface area (Å²) in [6, 6.07) is 3.23. The van der Waals surface area contributed by atoms with Gasteiger partial charge in [0.05, 0.1) is 24.7 Å². The highest BCUT2D eigenvalue weighted by molar-refractivity contribution is 5.74. The summed E-state index contributed by atoms with van der Waals surface area (Å²) in [4.78, 5) is 11.2. The monoisotopic (exact) mass is 273 g/mol. The Morgan fingerprint density at radius 1 is 1.47 bits per heavy atom. The molecule has 0 aliphatic rings. The van der Waals surface area contributed by atoms with Crippen molar-refractivity contribution in [3.05, 3.63) is 28.8 Å². The molecule has 0 saturated carbocycles. The maximum atomic E-state index is 12.8. The van der Waals surface area contributed by atoms with Gasteiger partial charge in [-0.2, -0.15) is 18.4 Å². The Kier molecular flexibility index (Phi) is 4.38. The zero-order valence-electron chi connectivity index (χ0n) is 9.91. The van der Waals surface area contributed by atoms with Crippen molar-refractivity contribution in [1.82, 2.24) is 0 Å². The van der Waals surface area contributed by atoms with Crippen molar-refractivity contribution in [3.8, 4) is 11.8 Å². The van der Waals surface area contributed by atoms with E-state index in [1.165, 1.54) is 6.92 Å². The van der Waals surface area contributed by atoms with Gasteiger partial charge in [0, 0.05) is 0 Å². The molecular formula is C12H10F3NO3. The lowest BCUT2D eigenvalue weighted by molar-refractivity contribution is -0.143. The van der Waals surface area contributed by atoms with Crippen molar-refractivity contribution in [3.63, 3.8) is 0 Å². The van der Waals surface area contributed by atoms with E-state index in [-0.39, 0.29) is 12.2 Å². The van der Waals surface area contributed by atoms with Crippen LogP contribution in [0, 0.1) is 11.3 Å². The third-order valence-electron chi connectivity index (χ3n) is 2.25. The van der Waals surface area contributed by atoms with Gasteiger partial charge < -0.3 is 9.84 Å². The SMILES string of the molecule is CCOC(=O)Cc1cc(C#N)cc(O)c1C(F)(F)F. The molecule has 0 spiro atoms. The van der Waals surface area contributed by atoms with E-state index in [9.17, 15) is 23.1 Å². The number of hydrogen-bond donors (Lipinski definition) is 1. The summed E-state index contributed by atoms with van der Waals surface area (Å²) in [7, 11) is 0. The van der Waals surface area contributed by atoms with Gasteiger partial charge in [-0.05, 0) is 24.6 Å². The molecule has 1 rings (SSSR count). The largest absolute Gasteiger partial charge is 0.507 e. The van der Waals surface area contributed by atoms with E-state index in [1.807, 2.05) is 0 Å². The smallest absolute Gasteiger partial charge is 0.420 e. The van der Waals surface area contributed by atoms with Crippen LogP contribution in [0.1, 0.15) is 23.6 Å². The number of benzene rings is 1. The second-order valence-electron chi connectivity index (χ2n) is 3.62. The van der Waals surface area contributed by atoms with E-state index in [0.717, 1.165) is 6.07 Å². The average molecular weight is 273 g/mol. The van der Waals surface area contributed by atoms with Crippen LogP contribution in [-0.2, 0) is 22.1 Å². The second kappa shape index (κ2) is 5.61. The first-order valence-electron chi connectivity index (χ1n) is 5.28. The van der Waals surface area contributed by atoms with Gasteiger partial charge in [0.15, 0.2) is 0 Å². The fraction of sp³-hybridized carbons (Fsp3) is 0.333. The molecule has 0 unspecified atom stereocenters. The molecule has 0 atom stereocenters. The molecule has 0 heterocycles.